The molecule has 3 rings (SSSR count). The highest BCUT2D eigenvalue weighted by Crippen LogP contribution is 2.18. The third-order valence-electron chi connectivity index (χ3n) is 3.36. The van der Waals surface area contributed by atoms with E-state index in [4.69, 9.17) is 0 Å². The molecule has 2 nitrogen and oxygen atoms in total. The molecule has 0 fully saturated rings. The van der Waals surface area contributed by atoms with Gasteiger partial charge in [0.05, 0.1) is 0 Å². The Morgan fingerprint density at radius 1 is 1.00 bits per heavy atom. The first-order chi connectivity index (χ1) is 10.2. The van der Waals surface area contributed by atoms with E-state index in [9.17, 15) is 4.39 Å². The third-order valence-corrected chi connectivity index (χ3v) is 4.13. The first kappa shape index (κ1) is 14.2. The van der Waals surface area contributed by atoms with E-state index in [1.807, 2.05) is 12.3 Å². The molecule has 0 aliphatic carbocycles. The fourth-order valence-electron chi connectivity index (χ4n) is 2.26. The molecule has 0 saturated heterocycles. The van der Waals surface area contributed by atoms with E-state index in [0.717, 1.165) is 22.0 Å². The van der Waals surface area contributed by atoms with Gasteiger partial charge in [-0.25, -0.2) is 4.39 Å². The second kappa shape index (κ2) is 6.33. The number of hydrogen-bond acceptors (Lipinski definition) is 2. The molecule has 106 valence electrons. The van der Waals surface area contributed by atoms with E-state index in [-0.39, 0.29) is 5.82 Å². The van der Waals surface area contributed by atoms with Crippen molar-refractivity contribution in [1.29, 1.82) is 0 Å². The number of rotatable bonds is 4. The Morgan fingerprint density at radius 2 is 1.90 bits per heavy atom. The molecule has 0 spiro atoms. The van der Waals surface area contributed by atoms with Gasteiger partial charge in [-0.15, -0.1) is 0 Å². The van der Waals surface area contributed by atoms with E-state index < -0.39 is 0 Å². The van der Waals surface area contributed by atoms with Gasteiger partial charge in [-0.05, 0) is 46.8 Å². The Balaban J connectivity index is 1.67. The van der Waals surface area contributed by atoms with Gasteiger partial charge in [-0.1, -0.05) is 28.1 Å². The summed E-state index contributed by atoms with van der Waals surface area (Å²) >= 11 is 3.44. The van der Waals surface area contributed by atoms with Crippen LogP contribution in [0.15, 0.2) is 59.3 Å². The Bertz CT molecular complexity index is 774. The first-order valence-corrected chi connectivity index (χ1v) is 7.49. The predicted molar refractivity (Wildman–Crippen MR) is 86.4 cm³/mol. The van der Waals surface area contributed by atoms with Gasteiger partial charge in [0, 0.05) is 35.3 Å². The molecule has 4 heteroatoms. The highest BCUT2D eigenvalue weighted by atomic mass is 79.9. The van der Waals surface area contributed by atoms with Gasteiger partial charge < -0.3 is 5.32 Å². The number of nitrogens with zero attached hydrogens (tertiary/aromatic N) is 1. The topological polar surface area (TPSA) is 24.9 Å². The van der Waals surface area contributed by atoms with Crippen LogP contribution in [0.2, 0.25) is 0 Å². The van der Waals surface area contributed by atoms with Crippen LogP contribution in [0.5, 0.6) is 0 Å². The number of aromatic nitrogens is 1. The molecular weight excluding hydrogens is 331 g/mol. The van der Waals surface area contributed by atoms with Crippen LogP contribution in [0.1, 0.15) is 11.1 Å². The van der Waals surface area contributed by atoms with Crippen LogP contribution < -0.4 is 5.32 Å². The molecule has 0 unspecified atom stereocenters. The summed E-state index contributed by atoms with van der Waals surface area (Å²) in [7, 11) is 0. The SMILES string of the molecule is Fc1ccc(Br)c(CNCc2ccc3cnccc3c2)c1. The lowest BCUT2D eigenvalue weighted by molar-refractivity contribution is 0.619. The van der Waals surface area contributed by atoms with Crippen molar-refractivity contribution < 1.29 is 4.39 Å². The lowest BCUT2D eigenvalue weighted by atomic mass is 10.1. The second-order valence-electron chi connectivity index (χ2n) is 4.90. The Morgan fingerprint density at radius 3 is 2.81 bits per heavy atom. The van der Waals surface area contributed by atoms with Gasteiger partial charge in [0.2, 0.25) is 0 Å². The molecule has 1 N–H and O–H groups in total. The van der Waals surface area contributed by atoms with Gasteiger partial charge in [-0.2, -0.15) is 0 Å². The fourth-order valence-corrected chi connectivity index (χ4v) is 2.65. The van der Waals surface area contributed by atoms with E-state index in [0.29, 0.717) is 6.54 Å². The maximum Gasteiger partial charge on any atom is 0.123 e. The summed E-state index contributed by atoms with van der Waals surface area (Å²) in [6, 6.07) is 13.0. The monoisotopic (exact) mass is 344 g/mol. The summed E-state index contributed by atoms with van der Waals surface area (Å²) in [5, 5.41) is 5.65. The predicted octanol–water partition coefficient (Wildman–Crippen LogP) is 4.43. The molecule has 0 radical (unpaired) electrons. The smallest absolute Gasteiger partial charge is 0.123 e. The van der Waals surface area contributed by atoms with Crippen molar-refractivity contribution >= 4 is 26.7 Å². The zero-order chi connectivity index (χ0) is 14.7. The summed E-state index contributed by atoms with van der Waals surface area (Å²) < 4.78 is 14.1. The minimum absolute atomic E-state index is 0.215. The molecule has 1 aromatic heterocycles. The molecule has 0 amide bonds. The van der Waals surface area contributed by atoms with Crippen molar-refractivity contribution in [3.05, 3.63) is 76.3 Å². The normalized spacial score (nSPS) is 11.0. The molecule has 0 saturated carbocycles. The average Bonchev–Trinajstić information content (AvgIpc) is 2.50. The van der Waals surface area contributed by atoms with Gasteiger partial charge in [0.25, 0.3) is 0 Å². The van der Waals surface area contributed by atoms with Crippen LogP contribution in [-0.2, 0) is 13.1 Å². The quantitative estimate of drug-likeness (QED) is 0.757. The number of benzene rings is 2. The van der Waals surface area contributed by atoms with Crippen molar-refractivity contribution in [2.45, 2.75) is 13.1 Å². The molecular formula is C17H14BrFN2. The number of fused-ring (bicyclic) bond motifs is 1. The number of halogens is 2. The number of pyridine rings is 1. The number of nitrogens with one attached hydrogen (secondary N) is 1. The summed E-state index contributed by atoms with van der Waals surface area (Å²) in [5.74, 6) is -0.215. The molecule has 0 bridgehead atoms. The first-order valence-electron chi connectivity index (χ1n) is 6.70. The van der Waals surface area contributed by atoms with Gasteiger partial charge >= 0.3 is 0 Å². The van der Waals surface area contributed by atoms with Crippen LogP contribution >= 0.6 is 15.9 Å². The van der Waals surface area contributed by atoms with Crippen LogP contribution in [0.3, 0.4) is 0 Å². The van der Waals surface area contributed by atoms with Crippen LogP contribution in [0, 0.1) is 5.82 Å². The summed E-state index contributed by atoms with van der Waals surface area (Å²) in [6.45, 7) is 1.36. The van der Waals surface area contributed by atoms with Crippen LogP contribution in [0.4, 0.5) is 4.39 Å². The van der Waals surface area contributed by atoms with Crippen LogP contribution in [0.25, 0.3) is 10.8 Å². The maximum absolute atomic E-state index is 13.2. The van der Waals surface area contributed by atoms with Crippen molar-refractivity contribution in [2.24, 2.45) is 0 Å². The maximum atomic E-state index is 13.2. The zero-order valence-electron chi connectivity index (χ0n) is 11.3. The minimum atomic E-state index is -0.215. The third kappa shape index (κ3) is 3.46. The summed E-state index contributed by atoms with van der Waals surface area (Å²) in [5.41, 5.74) is 2.11. The van der Waals surface area contributed by atoms with Crippen molar-refractivity contribution in [3.63, 3.8) is 0 Å². The van der Waals surface area contributed by atoms with E-state index in [1.54, 1.807) is 18.3 Å². The highest BCUT2D eigenvalue weighted by Gasteiger charge is 2.02. The van der Waals surface area contributed by atoms with Gasteiger partial charge in [0.1, 0.15) is 5.82 Å². The Labute approximate surface area is 131 Å². The largest absolute Gasteiger partial charge is 0.309 e. The number of hydrogen-bond donors (Lipinski definition) is 1. The standard InChI is InChI=1S/C17H14BrFN2/c18-17-4-3-16(19)8-15(17)11-21-9-12-1-2-14-10-20-6-5-13(14)7-12/h1-8,10,21H,9,11H2. The molecule has 0 atom stereocenters. The van der Waals surface area contributed by atoms with E-state index in [1.165, 1.54) is 17.0 Å². The van der Waals surface area contributed by atoms with Crippen LogP contribution in [-0.4, -0.2) is 4.98 Å². The average molecular weight is 345 g/mol. The Hall–Kier alpha value is -1.78. The molecule has 0 aliphatic heterocycles. The van der Waals surface area contributed by atoms with Crippen molar-refractivity contribution in [1.82, 2.24) is 10.3 Å². The fraction of sp³-hybridized carbons (Fsp3) is 0.118. The molecule has 21 heavy (non-hydrogen) atoms. The van der Waals surface area contributed by atoms with Crippen molar-refractivity contribution in [3.8, 4) is 0 Å². The molecule has 2 aromatic carbocycles. The molecule has 3 aromatic rings. The van der Waals surface area contributed by atoms with Crippen molar-refractivity contribution in [2.75, 3.05) is 0 Å². The zero-order valence-corrected chi connectivity index (χ0v) is 12.9. The van der Waals surface area contributed by atoms with E-state index in [2.05, 4.69) is 44.4 Å². The molecule has 0 aliphatic rings. The lowest BCUT2D eigenvalue weighted by Gasteiger charge is -2.08. The lowest BCUT2D eigenvalue weighted by Crippen LogP contribution is -2.13. The second-order valence-corrected chi connectivity index (χ2v) is 5.75. The summed E-state index contributed by atoms with van der Waals surface area (Å²) in [4.78, 5) is 4.11. The highest BCUT2D eigenvalue weighted by molar-refractivity contribution is 9.10. The Kier molecular flexibility index (Phi) is 4.27. The van der Waals surface area contributed by atoms with Gasteiger partial charge in [-0.3, -0.25) is 4.98 Å². The minimum Gasteiger partial charge on any atom is -0.309 e. The molecule has 1 heterocycles. The van der Waals surface area contributed by atoms with E-state index >= 15 is 0 Å². The summed E-state index contributed by atoms with van der Waals surface area (Å²) in [6.07, 6.45) is 3.65. The van der Waals surface area contributed by atoms with Gasteiger partial charge in [0.15, 0.2) is 0 Å².